The Morgan fingerprint density at radius 1 is 1.41 bits per heavy atom. The summed E-state index contributed by atoms with van der Waals surface area (Å²) < 4.78 is 0. The number of hydrogen-bond acceptors (Lipinski definition) is 2. The third kappa shape index (κ3) is 2.10. The van der Waals surface area contributed by atoms with E-state index < -0.39 is 5.97 Å². The number of benzene rings is 1. The van der Waals surface area contributed by atoms with Crippen LogP contribution in [0.1, 0.15) is 54.6 Å². The topological polar surface area (TPSA) is 40.5 Å². The SMILES string of the molecule is C[C@@H]1[C@@H]2Cc3ccc(C(=O)O)cc3[C@@]1(C)CCN2CC1CC1. The van der Waals surface area contributed by atoms with Crippen molar-refractivity contribution in [1.29, 1.82) is 0 Å². The third-order valence-electron chi connectivity index (χ3n) is 6.56. The molecule has 2 fully saturated rings. The number of hydrogen-bond donors (Lipinski definition) is 1. The summed E-state index contributed by atoms with van der Waals surface area (Å²) in [5, 5.41) is 9.30. The van der Waals surface area contributed by atoms with Crippen molar-refractivity contribution in [2.45, 2.75) is 51.0 Å². The lowest BCUT2D eigenvalue weighted by molar-refractivity contribution is 0.0283. The molecule has 0 aromatic heterocycles. The number of nitrogens with zero attached hydrogens (tertiary/aromatic N) is 1. The normalized spacial score (nSPS) is 34.3. The monoisotopic (exact) mass is 299 g/mol. The van der Waals surface area contributed by atoms with Gasteiger partial charge in [-0.3, -0.25) is 4.90 Å². The zero-order valence-electron chi connectivity index (χ0n) is 13.5. The van der Waals surface area contributed by atoms with E-state index in [2.05, 4.69) is 24.8 Å². The summed E-state index contributed by atoms with van der Waals surface area (Å²) in [4.78, 5) is 14.0. The van der Waals surface area contributed by atoms with Crippen LogP contribution in [0.3, 0.4) is 0 Å². The molecule has 2 bridgehead atoms. The highest BCUT2D eigenvalue weighted by Crippen LogP contribution is 2.49. The van der Waals surface area contributed by atoms with Crippen molar-refractivity contribution in [1.82, 2.24) is 4.90 Å². The van der Waals surface area contributed by atoms with Gasteiger partial charge in [0, 0.05) is 12.6 Å². The Kier molecular flexibility index (Phi) is 3.12. The van der Waals surface area contributed by atoms with Crippen LogP contribution in [0.15, 0.2) is 18.2 Å². The Morgan fingerprint density at radius 3 is 2.86 bits per heavy atom. The van der Waals surface area contributed by atoms with E-state index in [1.165, 1.54) is 37.1 Å². The minimum absolute atomic E-state index is 0.129. The van der Waals surface area contributed by atoms with E-state index >= 15 is 0 Å². The minimum atomic E-state index is -0.813. The number of carboxylic acid groups (broad SMARTS) is 1. The van der Waals surface area contributed by atoms with Gasteiger partial charge in [0.25, 0.3) is 0 Å². The van der Waals surface area contributed by atoms with Crippen molar-refractivity contribution in [2.24, 2.45) is 11.8 Å². The van der Waals surface area contributed by atoms with Crippen LogP contribution in [0, 0.1) is 11.8 Å². The molecule has 4 rings (SSSR count). The lowest BCUT2D eigenvalue weighted by atomic mass is 9.59. The van der Waals surface area contributed by atoms with Crippen LogP contribution in [-0.4, -0.2) is 35.1 Å². The van der Waals surface area contributed by atoms with E-state index in [1.54, 1.807) is 6.07 Å². The summed E-state index contributed by atoms with van der Waals surface area (Å²) in [6.45, 7) is 7.16. The Bertz CT molecular complexity index is 622. The molecule has 0 amide bonds. The molecule has 3 nitrogen and oxygen atoms in total. The molecule has 1 N–H and O–H groups in total. The zero-order valence-corrected chi connectivity index (χ0v) is 13.5. The summed E-state index contributed by atoms with van der Waals surface area (Å²) in [6.07, 6.45) is 5.05. The molecule has 1 saturated carbocycles. The number of likely N-dealkylation sites (tertiary alicyclic amines) is 1. The highest BCUT2D eigenvalue weighted by atomic mass is 16.4. The van der Waals surface area contributed by atoms with Crippen molar-refractivity contribution in [3.8, 4) is 0 Å². The number of carboxylic acids is 1. The molecule has 1 aliphatic heterocycles. The maximum absolute atomic E-state index is 11.3. The Hall–Kier alpha value is -1.35. The molecule has 1 heterocycles. The molecule has 0 unspecified atom stereocenters. The third-order valence-corrected chi connectivity index (χ3v) is 6.56. The maximum Gasteiger partial charge on any atom is 0.335 e. The predicted molar refractivity (Wildman–Crippen MR) is 86.3 cm³/mol. The molecule has 2 aliphatic carbocycles. The second-order valence-electron chi connectivity index (χ2n) is 7.84. The summed E-state index contributed by atoms with van der Waals surface area (Å²) in [7, 11) is 0. The summed E-state index contributed by atoms with van der Waals surface area (Å²) in [6, 6.07) is 6.42. The first-order chi connectivity index (χ1) is 10.5. The van der Waals surface area contributed by atoms with Crippen LogP contribution in [0.25, 0.3) is 0 Å². The van der Waals surface area contributed by atoms with Crippen molar-refractivity contribution in [2.75, 3.05) is 13.1 Å². The fourth-order valence-corrected chi connectivity index (χ4v) is 4.70. The Balaban J connectivity index is 1.72. The molecule has 1 aromatic rings. The largest absolute Gasteiger partial charge is 0.478 e. The first kappa shape index (κ1) is 14.3. The molecular weight excluding hydrogens is 274 g/mol. The van der Waals surface area contributed by atoms with Crippen LogP contribution >= 0.6 is 0 Å². The van der Waals surface area contributed by atoms with Crippen molar-refractivity contribution >= 4 is 5.97 Å². The van der Waals surface area contributed by atoms with Crippen molar-refractivity contribution in [3.05, 3.63) is 34.9 Å². The van der Waals surface area contributed by atoms with E-state index in [4.69, 9.17) is 0 Å². The standard InChI is InChI=1S/C19H25NO2/c1-12-17-10-14-5-6-15(18(21)22)9-16(14)19(12,2)7-8-20(17)11-13-3-4-13/h5-6,9,12-13,17H,3-4,7-8,10-11H2,1-2H3,(H,21,22)/t12-,17+,19+/m1/s1. The average Bonchev–Trinajstić information content (AvgIpc) is 3.29. The van der Waals surface area contributed by atoms with Crippen LogP contribution in [0.5, 0.6) is 0 Å². The van der Waals surface area contributed by atoms with E-state index in [1.807, 2.05) is 6.07 Å². The summed E-state index contributed by atoms with van der Waals surface area (Å²) in [5.41, 5.74) is 3.23. The zero-order chi connectivity index (χ0) is 15.5. The number of fused-ring (bicyclic) bond motifs is 4. The van der Waals surface area contributed by atoms with Gasteiger partial charge in [-0.1, -0.05) is 19.9 Å². The second kappa shape index (κ2) is 4.82. The predicted octanol–water partition coefficient (Wildman–Crippen LogP) is 3.32. The molecule has 1 aromatic carbocycles. The maximum atomic E-state index is 11.3. The van der Waals surface area contributed by atoms with Crippen LogP contribution in [-0.2, 0) is 11.8 Å². The van der Waals surface area contributed by atoms with Crippen LogP contribution < -0.4 is 0 Å². The second-order valence-corrected chi connectivity index (χ2v) is 7.84. The van der Waals surface area contributed by atoms with Gasteiger partial charge < -0.3 is 5.11 Å². The van der Waals surface area contributed by atoms with Gasteiger partial charge in [-0.15, -0.1) is 0 Å². The summed E-state index contributed by atoms with van der Waals surface area (Å²) in [5.74, 6) is 0.719. The molecule has 118 valence electrons. The molecular formula is C19H25NO2. The molecule has 3 aliphatic rings. The Morgan fingerprint density at radius 2 is 2.18 bits per heavy atom. The van der Waals surface area contributed by atoms with Gasteiger partial charge >= 0.3 is 5.97 Å². The fraction of sp³-hybridized carbons (Fsp3) is 0.632. The van der Waals surface area contributed by atoms with Gasteiger partial charge in [0.2, 0.25) is 0 Å². The van der Waals surface area contributed by atoms with E-state index in [0.717, 1.165) is 18.8 Å². The molecule has 3 heteroatoms. The van der Waals surface area contributed by atoms with Gasteiger partial charge in [0.1, 0.15) is 0 Å². The lowest BCUT2D eigenvalue weighted by Gasteiger charge is -2.54. The highest BCUT2D eigenvalue weighted by Gasteiger charge is 2.49. The number of carbonyl (C=O) groups is 1. The van der Waals surface area contributed by atoms with Gasteiger partial charge in [-0.2, -0.15) is 0 Å². The number of rotatable bonds is 3. The number of aromatic carboxylic acids is 1. The van der Waals surface area contributed by atoms with Gasteiger partial charge in [-0.05, 0) is 72.7 Å². The minimum Gasteiger partial charge on any atom is -0.478 e. The molecule has 1 saturated heterocycles. The van der Waals surface area contributed by atoms with E-state index in [0.29, 0.717) is 17.5 Å². The highest BCUT2D eigenvalue weighted by molar-refractivity contribution is 5.88. The fourth-order valence-electron chi connectivity index (χ4n) is 4.70. The smallest absolute Gasteiger partial charge is 0.335 e. The lowest BCUT2D eigenvalue weighted by Crippen LogP contribution is -2.58. The first-order valence-corrected chi connectivity index (χ1v) is 8.60. The van der Waals surface area contributed by atoms with Crippen LogP contribution in [0.2, 0.25) is 0 Å². The molecule has 0 radical (unpaired) electrons. The molecule has 0 spiro atoms. The number of piperidine rings is 1. The van der Waals surface area contributed by atoms with Crippen LogP contribution in [0.4, 0.5) is 0 Å². The summed E-state index contributed by atoms with van der Waals surface area (Å²) >= 11 is 0. The van der Waals surface area contributed by atoms with E-state index in [9.17, 15) is 9.90 Å². The Labute approximate surface area is 132 Å². The quantitative estimate of drug-likeness (QED) is 0.931. The van der Waals surface area contributed by atoms with Crippen molar-refractivity contribution < 1.29 is 9.90 Å². The van der Waals surface area contributed by atoms with Gasteiger partial charge in [-0.25, -0.2) is 4.79 Å². The van der Waals surface area contributed by atoms with Gasteiger partial charge in [0.05, 0.1) is 5.56 Å². The molecule has 3 atom stereocenters. The van der Waals surface area contributed by atoms with E-state index in [-0.39, 0.29) is 5.41 Å². The first-order valence-electron chi connectivity index (χ1n) is 8.60. The van der Waals surface area contributed by atoms with Crippen molar-refractivity contribution in [3.63, 3.8) is 0 Å². The average molecular weight is 299 g/mol. The van der Waals surface area contributed by atoms with Gasteiger partial charge in [0.15, 0.2) is 0 Å². The molecule has 22 heavy (non-hydrogen) atoms.